The van der Waals surface area contributed by atoms with E-state index in [0.717, 1.165) is 0 Å². The second-order valence-corrected chi connectivity index (χ2v) is 6.47. The maximum Gasteiger partial charge on any atom is 0.243 e. The van der Waals surface area contributed by atoms with E-state index in [1.807, 2.05) is 13.8 Å². The van der Waals surface area contributed by atoms with Crippen LogP contribution in [-0.4, -0.2) is 26.7 Å². The highest BCUT2D eigenvalue weighted by Gasteiger charge is 2.40. The zero-order valence-corrected chi connectivity index (χ0v) is 11.3. The third-order valence-corrected chi connectivity index (χ3v) is 5.15. The van der Waals surface area contributed by atoms with Crippen molar-refractivity contribution in [2.45, 2.75) is 36.8 Å². The van der Waals surface area contributed by atoms with Gasteiger partial charge in [0.15, 0.2) is 0 Å². The van der Waals surface area contributed by atoms with Gasteiger partial charge in [0.2, 0.25) is 10.0 Å². The average molecular weight is 270 g/mol. The number of hydrogen-bond donors (Lipinski definition) is 2. The van der Waals surface area contributed by atoms with Gasteiger partial charge < -0.3 is 10.5 Å². The van der Waals surface area contributed by atoms with E-state index in [0.29, 0.717) is 13.0 Å². The van der Waals surface area contributed by atoms with Crippen LogP contribution < -0.4 is 10.5 Å². The quantitative estimate of drug-likeness (QED) is 0.806. The van der Waals surface area contributed by atoms with Gasteiger partial charge in [-0.3, -0.25) is 0 Å². The van der Waals surface area contributed by atoms with Crippen molar-refractivity contribution in [3.05, 3.63) is 24.3 Å². The van der Waals surface area contributed by atoms with Crippen LogP contribution in [0.4, 0.5) is 5.69 Å². The summed E-state index contributed by atoms with van der Waals surface area (Å²) in [7, 11) is -3.62. The van der Waals surface area contributed by atoms with Gasteiger partial charge in [-0.05, 0) is 32.4 Å². The molecule has 1 aromatic carbocycles. The Morgan fingerprint density at radius 3 is 2.67 bits per heavy atom. The second kappa shape index (κ2) is 4.53. The highest BCUT2D eigenvalue weighted by Crippen LogP contribution is 2.28. The minimum absolute atomic E-state index is 0.116. The van der Waals surface area contributed by atoms with Crippen LogP contribution in [0.1, 0.15) is 20.3 Å². The van der Waals surface area contributed by atoms with Crippen LogP contribution in [-0.2, 0) is 14.8 Å². The Labute approximate surface area is 107 Å². The lowest BCUT2D eigenvalue weighted by molar-refractivity contribution is 0.0957. The monoisotopic (exact) mass is 270 g/mol. The van der Waals surface area contributed by atoms with Gasteiger partial charge in [-0.25, -0.2) is 13.1 Å². The van der Waals surface area contributed by atoms with Gasteiger partial charge in [0, 0.05) is 6.61 Å². The number of benzene rings is 1. The number of anilines is 1. The van der Waals surface area contributed by atoms with Crippen molar-refractivity contribution in [1.29, 1.82) is 0 Å². The smallest absolute Gasteiger partial charge is 0.243 e. The van der Waals surface area contributed by atoms with Crippen molar-refractivity contribution >= 4 is 15.7 Å². The van der Waals surface area contributed by atoms with E-state index >= 15 is 0 Å². The zero-order chi connectivity index (χ0) is 13.4. The fraction of sp³-hybridized carbons (Fsp3) is 0.500. The minimum atomic E-state index is -3.62. The molecule has 0 amide bonds. The fourth-order valence-corrected chi connectivity index (χ4v) is 3.68. The molecule has 2 unspecified atom stereocenters. The Kier molecular flexibility index (Phi) is 3.35. The summed E-state index contributed by atoms with van der Waals surface area (Å²) in [6, 6.07) is 6.44. The van der Waals surface area contributed by atoms with Crippen molar-refractivity contribution in [2.75, 3.05) is 12.3 Å². The van der Waals surface area contributed by atoms with Crippen molar-refractivity contribution in [1.82, 2.24) is 4.72 Å². The molecular weight excluding hydrogens is 252 g/mol. The maximum absolute atomic E-state index is 12.3. The van der Waals surface area contributed by atoms with Gasteiger partial charge in [-0.2, -0.15) is 0 Å². The molecule has 1 aliphatic heterocycles. The summed E-state index contributed by atoms with van der Waals surface area (Å²) in [4.78, 5) is 0.116. The van der Waals surface area contributed by atoms with Crippen molar-refractivity contribution in [3.63, 3.8) is 0 Å². The summed E-state index contributed by atoms with van der Waals surface area (Å²) in [6.07, 6.45) is 0.498. The number of sulfonamides is 1. The molecule has 5 nitrogen and oxygen atoms in total. The van der Waals surface area contributed by atoms with Crippen LogP contribution in [0.25, 0.3) is 0 Å². The zero-order valence-electron chi connectivity index (χ0n) is 10.5. The van der Waals surface area contributed by atoms with E-state index in [4.69, 9.17) is 10.5 Å². The first-order chi connectivity index (χ1) is 8.35. The van der Waals surface area contributed by atoms with Gasteiger partial charge >= 0.3 is 0 Å². The first kappa shape index (κ1) is 13.3. The van der Waals surface area contributed by atoms with E-state index < -0.39 is 15.6 Å². The molecule has 0 radical (unpaired) electrons. The van der Waals surface area contributed by atoms with Crippen LogP contribution in [0.15, 0.2) is 29.2 Å². The third-order valence-electron chi connectivity index (χ3n) is 3.46. The Hall–Kier alpha value is -1.11. The van der Waals surface area contributed by atoms with E-state index in [1.165, 1.54) is 6.07 Å². The van der Waals surface area contributed by atoms with Gasteiger partial charge in [0.25, 0.3) is 0 Å². The number of nitrogens with two attached hydrogens (primary N) is 1. The van der Waals surface area contributed by atoms with Crippen LogP contribution in [0.2, 0.25) is 0 Å². The average Bonchev–Trinajstić information content (AvgIpc) is 2.58. The summed E-state index contributed by atoms with van der Waals surface area (Å²) in [6.45, 7) is 4.27. The molecule has 0 bridgehead atoms. The van der Waals surface area contributed by atoms with E-state index in [2.05, 4.69) is 4.72 Å². The van der Waals surface area contributed by atoms with E-state index in [-0.39, 0.29) is 16.7 Å². The molecule has 1 aliphatic rings. The highest BCUT2D eigenvalue weighted by molar-refractivity contribution is 7.89. The molecule has 2 atom stereocenters. The molecule has 3 N–H and O–H groups in total. The second-order valence-electron chi connectivity index (χ2n) is 4.82. The van der Waals surface area contributed by atoms with Crippen molar-refractivity contribution in [3.8, 4) is 0 Å². The molecule has 2 rings (SSSR count). The number of nitrogen functional groups attached to an aromatic ring is 1. The number of para-hydroxylation sites is 1. The Morgan fingerprint density at radius 2 is 2.11 bits per heavy atom. The van der Waals surface area contributed by atoms with Gasteiger partial charge in [-0.15, -0.1) is 0 Å². The predicted octanol–water partition coefficient (Wildman–Crippen LogP) is 1.11. The summed E-state index contributed by atoms with van der Waals surface area (Å²) in [5, 5.41) is 0. The van der Waals surface area contributed by atoms with E-state index in [1.54, 1.807) is 18.2 Å². The van der Waals surface area contributed by atoms with E-state index in [9.17, 15) is 8.42 Å². The molecule has 100 valence electrons. The molecule has 1 fully saturated rings. The molecular formula is C12H18N2O3S. The first-order valence-electron chi connectivity index (χ1n) is 5.85. The first-order valence-corrected chi connectivity index (χ1v) is 7.33. The van der Waals surface area contributed by atoms with Crippen LogP contribution >= 0.6 is 0 Å². The Balaban J connectivity index is 2.31. The summed E-state index contributed by atoms with van der Waals surface area (Å²) < 4.78 is 32.8. The number of nitrogens with one attached hydrogen (secondary N) is 1. The molecule has 0 aliphatic carbocycles. The number of ether oxygens (including phenoxy) is 1. The normalized spacial score (nSPS) is 28.4. The maximum atomic E-state index is 12.3. The summed E-state index contributed by atoms with van der Waals surface area (Å²) >= 11 is 0. The van der Waals surface area contributed by atoms with Crippen LogP contribution in [0.5, 0.6) is 0 Å². The molecule has 18 heavy (non-hydrogen) atoms. The van der Waals surface area contributed by atoms with Gasteiger partial charge in [0.1, 0.15) is 4.90 Å². The highest BCUT2D eigenvalue weighted by atomic mass is 32.2. The molecule has 0 saturated carbocycles. The van der Waals surface area contributed by atoms with Crippen LogP contribution in [0, 0.1) is 0 Å². The molecule has 0 spiro atoms. The number of hydrogen-bond acceptors (Lipinski definition) is 4. The largest absolute Gasteiger partial charge is 0.398 e. The molecule has 1 aromatic rings. The van der Waals surface area contributed by atoms with Gasteiger partial charge in [0.05, 0.1) is 17.3 Å². The predicted molar refractivity (Wildman–Crippen MR) is 69.6 cm³/mol. The molecule has 6 heteroatoms. The minimum Gasteiger partial charge on any atom is -0.398 e. The fourth-order valence-electron chi connectivity index (χ4n) is 2.06. The van der Waals surface area contributed by atoms with Crippen LogP contribution in [0.3, 0.4) is 0 Å². The number of rotatable bonds is 3. The lowest BCUT2D eigenvalue weighted by Gasteiger charge is -2.28. The van der Waals surface area contributed by atoms with Crippen molar-refractivity contribution in [2.24, 2.45) is 0 Å². The topological polar surface area (TPSA) is 81.4 Å². The molecule has 1 saturated heterocycles. The van der Waals surface area contributed by atoms with Crippen molar-refractivity contribution < 1.29 is 13.2 Å². The Bertz CT molecular complexity index is 544. The SMILES string of the molecule is CC1OCCC1(C)NS(=O)(=O)c1ccccc1N. The Morgan fingerprint density at radius 1 is 1.44 bits per heavy atom. The lowest BCUT2D eigenvalue weighted by atomic mass is 9.97. The summed E-state index contributed by atoms with van der Waals surface area (Å²) in [5.74, 6) is 0. The summed E-state index contributed by atoms with van der Waals surface area (Å²) in [5.41, 5.74) is 5.38. The van der Waals surface area contributed by atoms with Gasteiger partial charge in [-0.1, -0.05) is 12.1 Å². The standard InChI is InChI=1S/C12H18N2O3S/c1-9-12(2,7-8-17-9)14-18(15,16)11-6-4-3-5-10(11)13/h3-6,9,14H,7-8,13H2,1-2H3. The molecule has 0 aromatic heterocycles. The lowest BCUT2D eigenvalue weighted by Crippen LogP contribution is -2.50. The molecule has 1 heterocycles. The third kappa shape index (κ3) is 2.36.